The predicted molar refractivity (Wildman–Crippen MR) is 104 cm³/mol. The first-order valence-electron chi connectivity index (χ1n) is 8.80. The van der Waals surface area contributed by atoms with E-state index in [0.717, 1.165) is 19.3 Å². The highest BCUT2D eigenvalue weighted by atomic mass is 35.6. The highest BCUT2D eigenvalue weighted by Crippen LogP contribution is 2.36. The minimum Gasteiger partial charge on any atom is -0.446 e. The third kappa shape index (κ3) is 6.10. The maximum absolute atomic E-state index is 12.4. The second-order valence-corrected chi connectivity index (χ2v) is 9.72. The summed E-state index contributed by atoms with van der Waals surface area (Å²) in [7, 11) is 0. The molecule has 1 aromatic heterocycles. The lowest BCUT2D eigenvalue weighted by Crippen LogP contribution is -2.50. The Labute approximate surface area is 169 Å². The van der Waals surface area contributed by atoms with Crippen LogP contribution in [0, 0.1) is 24.7 Å². The van der Waals surface area contributed by atoms with Gasteiger partial charge in [-0.1, -0.05) is 67.2 Å². The van der Waals surface area contributed by atoms with Crippen molar-refractivity contribution >= 4 is 46.7 Å². The number of aryl methyl sites for hydroxylation is 1. The van der Waals surface area contributed by atoms with Gasteiger partial charge in [0.15, 0.2) is 12.0 Å². The van der Waals surface area contributed by atoms with Crippen LogP contribution in [-0.2, 0) is 4.74 Å². The lowest BCUT2D eigenvalue weighted by molar-refractivity contribution is 0.00533. The number of alkyl halides is 3. The fraction of sp³-hybridized carbons (Fsp3) is 0.765. The topological polar surface area (TPSA) is 76.4 Å². The van der Waals surface area contributed by atoms with Gasteiger partial charge in [-0.25, -0.2) is 4.79 Å². The molecule has 1 aliphatic rings. The first-order valence-corrected chi connectivity index (χ1v) is 9.93. The Bertz CT molecular complexity index is 604. The van der Waals surface area contributed by atoms with Crippen molar-refractivity contribution in [2.45, 2.75) is 63.0 Å². The standard InChI is InChI=1S/C17H26Cl3N3O3/c1-9(2)12-6-5-10(3)7-13(12)25-16(24)22-15(17(18,19)20)21-14-8-11(4)26-23-14/h8-10,12-13,15H,5-7H2,1-4H3,(H,21,23)(H,22,24)/t10-,12+,13-,15-/m1/s1. The van der Waals surface area contributed by atoms with Crippen molar-refractivity contribution in [3.8, 4) is 0 Å². The molecule has 6 nitrogen and oxygen atoms in total. The molecular weight excluding hydrogens is 401 g/mol. The molecule has 2 N–H and O–H groups in total. The minimum atomic E-state index is -1.80. The molecule has 9 heteroatoms. The van der Waals surface area contributed by atoms with Crippen molar-refractivity contribution in [1.29, 1.82) is 0 Å². The van der Waals surface area contributed by atoms with Crippen LogP contribution < -0.4 is 10.6 Å². The van der Waals surface area contributed by atoms with Crippen LogP contribution in [0.2, 0.25) is 0 Å². The number of nitrogens with zero attached hydrogens (tertiary/aromatic N) is 1. The van der Waals surface area contributed by atoms with Gasteiger partial charge in [0.2, 0.25) is 3.79 Å². The SMILES string of the molecule is Cc1cc(N[C@H](NC(=O)O[C@@H]2C[C@H](C)CC[C@H]2C(C)C)C(Cl)(Cl)Cl)no1. The molecule has 0 bridgehead atoms. The Hall–Kier alpha value is -0.850. The Morgan fingerprint density at radius 1 is 1.38 bits per heavy atom. The number of amides is 1. The number of rotatable bonds is 5. The number of hydrogen-bond donors (Lipinski definition) is 2. The summed E-state index contributed by atoms with van der Waals surface area (Å²) in [5.41, 5.74) is 0. The molecule has 26 heavy (non-hydrogen) atoms. The summed E-state index contributed by atoms with van der Waals surface area (Å²) in [6.07, 6.45) is 1.23. The van der Waals surface area contributed by atoms with Crippen LogP contribution in [0.1, 0.15) is 45.8 Å². The van der Waals surface area contributed by atoms with E-state index in [1.54, 1.807) is 13.0 Å². The molecule has 0 spiro atoms. The van der Waals surface area contributed by atoms with Gasteiger partial charge < -0.3 is 14.6 Å². The third-order valence-corrected chi connectivity index (χ3v) is 5.38. The zero-order valence-corrected chi connectivity index (χ0v) is 17.7. The Morgan fingerprint density at radius 2 is 2.08 bits per heavy atom. The average Bonchev–Trinajstić information content (AvgIpc) is 2.90. The van der Waals surface area contributed by atoms with E-state index in [1.807, 2.05) is 0 Å². The number of hydrogen-bond acceptors (Lipinski definition) is 5. The number of anilines is 1. The Morgan fingerprint density at radius 3 is 2.62 bits per heavy atom. The highest BCUT2D eigenvalue weighted by Gasteiger charge is 2.37. The molecule has 1 saturated carbocycles. The van der Waals surface area contributed by atoms with Crippen LogP contribution in [0.15, 0.2) is 10.6 Å². The maximum atomic E-state index is 12.4. The van der Waals surface area contributed by atoms with E-state index in [9.17, 15) is 4.79 Å². The fourth-order valence-electron chi connectivity index (χ4n) is 3.32. The van der Waals surface area contributed by atoms with Crippen molar-refractivity contribution in [2.24, 2.45) is 17.8 Å². The first-order chi connectivity index (χ1) is 12.1. The van der Waals surface area contributed by atoms with Crippen molar-refractivity contribution in [3.05, 3.63) is 11.8 Å². The molecule has 0 aliphatic heterocycles. The number of ether oxygens (including phenoxy) is 1. The molecule has 1 heterocycles. The summed E-state index contributed by atoms with van der Waals surface area (Å²) in [5.74, 6) is 2.22. The summed E-state index contributed by atoms with van der Waals surface area (Å²) < 4.78 is 8.86. The van der Waals surface area contributed by atoms with Crippen molar-refractivity contribution in [2.75, 3.05) is 5.32 Å². The summed E-state index contributed by atoms with van der Waals surface area (Å²) in [6.45, 7) is 8.20. The molecule has 4 atom stereocenters. The van der Waals surface area contributed by atoms with E-state index in [0.29, 0.717) is 29.3 Å². The van der Waals surface area contributed by atoms with Crippen LogP contribution in [0.4, 0.5) is 10.6 Å². The number of carbonyl (C=O) groups excluding carboxylic acids is 1. The molecule has 0 saturated heterocycles. The molecule has 1 aliphatic carbocycles. The van der Waals surface area contributed by atoms with E-state index in [4.69, 9.17) is 44.1 Å². The van der Waals surface area contributed by atoms with Gasteiger partial charge in [-0.15, -0.1) is 0 Å². The van der Waals surface area contributed by atoms with Crippen molar-refractivity contribution in [1.82, 2.24) is 10.5 Å². The second kappa shape index (κ2) is 8.89. The number of alkyl carbamates (subject to hydrolysis) is 1. The zero-order valence-electron chi connectivity index (χ0n) is 15.4. The Kier molecular flexibility index (Phi) is 7.34. The number of halogens is 3. The largest absolute Gasteiger partial charge is 0.446 e. The van der Waals surface area contributed by atoms with Crippen LogP contribution in [-0.4, -0.2) is 27.3 Å². The molecule has 2 rings (SSSR count). The lowest BCUT2D eigenvalue weighted by atomic mass is 9.75. The average molecular weight is 427 g/mol. The van der Waals surface area contributed by atoms with Crippen LogP contribution in [0.3, 0.4) is 0 Å². The number of carbonyl (C=O) groups is 1. The number of aromatic nitrogens is 1. The van der Waals surface area contributed by atoms with Gasteiger partial charge in [0.1, 0.15) is 11.9 Å². The van der Waals surface area contributed by atoms with Crippen LogP contribution in [0.5, 0.6) is 0 Å². The van der Waals surface area contributed by atoms with E-state index in [2.05, 4.69) is 36.6 Å². The molecule has 148 valence electrons. The van der Waals surface area contributed by atoms with Gasteiger partial charge in [0, 0.05) is 6.07 Å². The molecule has 0 radical (unpaired) electrons. The summed E-state index contributed by atoms with van der Waals surface area (Å²) >= 11 is 18.0. The summed E-state index contributed by atoms with van der Waals surface area (Å²) in [6, 6.07) is 1.63. The minimum absolute atomic E-state index is 0.149. The Balaban J connectivity index is 2.01. The lowest BCUT2D eigenvalue weighted by Gasteiger charge is -2.37. The van der Waals surface area contributed by atoms with Gasteiger partial charge in [0.05, 0.1) is 0 Å². The zero-order chi connectivity index (χ0) is 19.5. The smallest absolute Gasteiger partial charge is 0.409 e. The van der Waals surface area contributed by atoms with Crippen LogP contribution >= 0.6 is 34.8 Å². The monoisotopic (exact) mass is 425 g/mol. The molecule has 1 fully saturated rings. The van der Waals surface area contributed by atoms with Gasteiger partial charge >= 0.3 is 6.09 Å². The van der Waals surface area contributed by atoms with Gasteiger partial charge in [-0.2, -0.15) is 0 Å². The third-order valence-electron chi connectivity index (χ3n) is 4.73. The van der Waals surface area contributed by atoms with Gasteiger partial charge in [-0.3, -0.25) is 5.32 Å². The van der Waals surface area contributed by atoms with Crippen LogP contribution in [0.25, 0.3) is 0 Å². The maximum Gasteiger partial charge on any atom is 0.409 e. The summed E-state index contributed by atoms with van der Waals surface area (Å²) in [5, 5.41) is 9.21. The van der Waals surface area contributed by atoms with E-state index < -0.39 is 16.1 Å². The van der Waals surface area contributed by atoms with Crippen molar-refractivity contribution in [3.63, 3.8) is 0 Å². The van der Waals surface area contributed by atoms with Crippen molar-refractivity contribution < 1.29 is 14.1 Å². The van der Waals surface area contributed by atoms with E-state index in [1.165, 1.54) is 0 Å². The molecule has 0 unspecified atom stereocenters. The highest BCUT2D eigenvalue weighted by molar-refractivity contribution is 6.68. The quantitative estimate of drug-likeness (QED) is 0.495. The second-order valence-electron chi connectivity index (χ2n) is 7.36. The van der Waals surface area contributed by atoms with E-state index in [-0.39, 0.29) is 6.10 Å². The first kappa shape index (κ1) is 21.5. The molecular formula is C17H26Cl3N3O3. The number of nitrogens with one attached hydrogen (secondary N) is 2. The summed E-state index contributed by atoms with van der Waals surface area (Å²) in [4.78, 5) is 12.4. The normalized spacial score (nSPS) is 25.0. The van der Waals surface area contributed by atoms with E-state index >= 15 is 0 Å². The molecule has 0 aromatic carbocycles. The van der Waals surface area contributed by atoms with Gasteiger partial charge in [0.25, 0.3) is 0 Å². The predicted octanol–water partition coefficient (Wildman–Crippen LogP) is 5.28. The fourth-order valence-corrected chi connectivity index (χ4v) is 3.65. The molecule has 1 aromatic rings. The van der Waals surface area contributed by atoms with Gasteiger partial charge in [-0.05, 0) is 37.5 Å². The molecule has 1 amide bonds.